The molecule has 0 atom stereocenters. The second kappa shape index (κ2) is 5.82. The lowest BCUT2D eigenvalue weighted by Gasteiger charge is -2.46. The first-order valence-corrected chi connectivity index (χ1v) is 7.89. The van der Waals surface area contributed by atoms with Crippen LogP contribution in [0.1, 0.15) is 43.2 Å². The standard InChI is InChI=1S/C17H25FN2/c1-14-11-16(18)6-5-15(14)12-20-10-9-19-17(13-20)7-3-2-4-8-17/h5-6,11,19H,2-4,7-10,12-13H2,1H3. The van der Waals surface area contributed by atoms with Gasteiger partial charge in [-0.05, 0) is 43.0 Å². The van der Waals surface area contributed by atoms with Crippen LogP contribution in [0.5, 0.6) is 0 Å². The van der Waals surface area contributed by atoms with E-state index in [2.05, 4.69) is 10.2 Å². The average Bonchev–Trinajstić information content (AvgIpc) is 2.43. The van der Waals surface area contributed by atoms with Crippen molar-refractivity contribution in [2.45, 2.75) is 51.1 Å². The molecule has 0 amide bonds. The van der Waals surface area contributed by atoms with E-state index in [0.29, 0.717) is 5.54 Å². The molecule has 1 aliphatic heterocycles. The molecule has 1 aliphatic carbocycles. The van der Waals surface area contributed by atoms with E-state index in [1.807, 2.05) is 13.0 Å². The number of benzene rings is 1. The zero-order valence-electron chi connectivity index (χ0n) is 12.4. The van der Waals surface area contributed by atoms with Gasteiger partial charge in [-0.1, -0.05) is 25.3 Å². The monoisotopic (exact) mass is 276 g/mol. The molecule has 3 heteroatoms. The summed E-state index contributed by atoms with van der Waals surface area (Å²) in [7, 11) is 0. The third-order valence-corrected chi connectivity index (χ3v) is 4.96. The lowest BCUT2D eigenvalue weighted by atomic mass is 9.80. The largest absolute Gasteiger partial charge is 0.309 e. The summed E-state index contributed by atoms with van der Waals surface area (Å²) in [4.78, 5) is 2.54. The zero-order valence-corrected chi connectivity index (χ0v) is 12.4. The maximum atomic E-state index is 13.2. The second-order valence-electron chi connectivity index (χ2n) is 6.55. The van der Waals surface area contributed by atoms with Crippen molar-refractivity contribution in [1.29, 1.82) is 0 Å². The molecule has 0 unspecified atom stereocenters. The van der Waals surface area contributed by atoms with Crippen molar-refractivity contribution in [3.63, 3.8) is 0 Å². The van der Waals surface area contributed by atoms with Crippen LogP contribution in [0.25, 0.3) is 0 Å². The number of aryl methyl sites for hydroxylation is 1. The molecule has 1 spiro atoms. The van der Waals surface area contributed by atoms with Crippen molar-refractivity contribution < 1.29 is 4.39 Å². The lowest BCUT2D eigenvalue weighted by molar-refractivity contribution is 0.0943. The van der Waals surface area contributed by atoms with Gasteiger partial charge in [-0.2, -0.15) is 0 Å². The Morgan fingerprint density at radius 2 is 2.05 bits per heavy atom. The molecule has 0 radical (unpaired) electrons. The summed E-state index contributed by atoms with van der Waals surface area (Å²) >= 11 is 0. The van der Waals surface area contributed by atoms with Crippen LogP contribution in [0.4, 0.5) is 4.39 Å². The van der Waals surface area contributed by atoms with Crippen LogP contribution in [0.15, 0.2) is 18.2 Å². The minimum atomic E-state index is -0.129. The normalized spacial score (nSPS) is 23.1. The number of nitrogens with one attached hydrogen (secondary N) is 1. The van der Waals surface area contributed by atoms with E-state index < -0.39 is 0 Å². The second-order valence-corrected chi connectivity index (χ2v) is 6.55. The molecule has 20 heavy (non-hydrogen) atoms. The highest BCUT2D eigenvalue weighted by Gasteiger charge is 2.35. The molecule has 1 N–H and O–H groups in total. The van der Waals surface area contributed by atoms with Gasteiger partial charge in [-0.3, -0.25) is 4.90 Å². The molecule has 110 valence electrons. The number of rotatable bonds is 2. The molecule has 2 fully saturated rings. The molecule has 1 aromatic carbocycles. The van der Waals surface area contributed by atoms with Gasteiger partial charge in [0.15, 0.2) is 0 Å². The SMILES string of the molecule is Cc1cc(F)ccc1CN1CCNC2(CCCCC2)C1. The van der Waals surface area contributed by atoms with Crippen LogP contribution in [0.2, 0.25) is 0 Å². The highest BCUT2D eigenvalue weighted by atomic mass is 19.1. The summed E-state index contributed by atoms with van der Waals surface area (Å²) in [5.74, 6) is -0.129. The fourth-order valence-electron chi connectivity index (χ4n) is 3.82. The van der Waals surface area contributed by atoms with E-state index in [9.17, 15) is 4.39 Å². The molecule has 1 saturated carbocycles. The van der Waals surface area contributed by atoms with Crippen LogP contribution in [-0.2, 0) is 6.54 Å². The summed E-state index contributed by atoms with van der Waals surface area (Å²) in [6, 6.07) is 5.18. The van der Waals surface area contributed by atoms with Gasteiger partial charge in [-0.15, -0.1) is 0 Å². The van der Waals surface area contributed by atoms with Gasteiger partial charge in [0.2, 0.25) is 0 Å². The molecular formula is C17H25FN2. The maximum Gasteiger partial charge on any atom is 0.123 e. The Morgan fingerprint density at radius 3 is 2.80 bits per heavy atom. The average molecular weight is 276 g/mol. The predicted molar refractivity (Wildman–Crippen MR) is 80.2 cm³/mol. The Hall–Kier alpha value is -0.930. The highest BCUT2D eigenvalue weighted by molar-refractivity contribution is 5.26. The summed E-state index contributed by atoms with van der Waals surface area (Å²) in [5, 5.41) is 3.77. The molecule has 0 bridgehead atoms. The summed E-state index contributed by atoms with van der Waals surface area (Å²) in [6.45, 7) is 6.29. The molecule has 2 nitrogen and oxygen atoms in total. The van der Waals surface area contributed by atoms with Crippen molar-refractivity contribution in [1.82, 2.24) is 10.2 Å². The highest BCUT2D eigenvalue weighted by Crippen LogP contribution is 2.31. The van der Waals surface area contributed by atoms with Gasteiger partial charge in [0.25, 0.3) is 0 Å². The molecule has 3 rings (SSSR count). The van der Waals surface area contributed by atoms with Crippen LogP contribution < -0.4 is 5.32 Å². The molecule has 1 aromatic rings. The fraction of sp³-hybridized carbons (Fsp3) is 0.647. The van der Waals surface area contributed by atoms with E-state index in [1.54, 1.807) is 12.1 Å². The molecule has 1 saturated heterocycles. The third kappa shape index (κ3) is 3.04. The molecular weight excluding hydrogens is 251 g/mol. The first-order chi connectivity index (χ1) is 9.67. The van der Waals surface area contributed by atoms with Gasteiger partial charge in [0.1, 0.15) is 5.82 Å². The minimum Gasteiger partial charge on any atom is -0.309 e. The Balaban J connectivity index is 1.68. The Labute approximate surface area is 121 Å². The van der Waals surface area contributed by atoms with Crippen molar-refractivity contribution in [3.8, 4) is 0 Å². The number of piperazine rings is 1. The van der Waals surface area contributed by atoms with E-state index in [0.717, 1.165) is 31.7 Å². The maximum absolute atomic E-state index is 13.2. The minimum absolute atomic E-state index is 0.129. The topological polar surface area (TPSA) is 15.3 Å². The Morgan fingerprint density at radius 1 is 1.25 bits per heavy atom. The van der Waals surface area contributed by atoms with Gasteiger partial charge in [-0.25, -0.2) is 4.39 Å². The number of nitrogens with zero attached hydrogens (tertiary/aromatic N) is 1. The summed E-state index contributed by atoms with van der Waals surface area (Å²) < 4.78 is 13.2. The van der Waals surface area contributed by atoms with E-state index >= 15 is 0 Å². The predicted octanol–water partition coefficient (Wildman–Crippen LogP) is 3.24. The van der Waals surface area contributed by atoms with Crippen molar-refractivity contribution >= 4 is 0 Å². The van der Waals surface area contributed by atoms with E-state index in [4.69, 9.17) is 0 Å². The smallest absolute Gasteiger partial charge is 0.123 e. The molecule has 2 aliphatic rings. The third-order valence-electron chi connectivity index (χ3n) is 4.96. The first kappa shape index (κ1) is 14.0. The quantitative estimate of drug-likeness (QED) is 0.892. The van der Waals surface area contributed by atoms with Crippen LogP contribution in [-0.4, -0.2) is 30.1 Å². The molecule has 1 heterocycles. The fourth-order valence-corrected chi connectivity index (χ4v) is 3.82. The summed E-state index contributed by atoms with van der Waals surface area (Å²) in [6.07, 6.45) is 6.73. The van der Waals surface area contributed by atoms with E-state index in [1.165, 1.54) is 37.7 Å². The lowest BCUT2D eigenvalue weighted by Crippen LogP contribution is -2.60. The van der Waals surface area contributed by atoms with Crippen molar-refractivity contribution in [2.24, 2.45) is 0 Å². The Kier molecular flexibility index (Phi) is 4.08. The van der Waals surface area contributed by atoms with Gasteiger partial charge in [0.05, 0.1) is 0 Å². The Bertz CT molecular complexity index is 461. The number of hydrogen-bond acceptors (Lipinski definition) is 2. The zero-order chi connectivity index (χ0) is 14.0. The van der Waals surface area contributed by atoms with Gasteiger partial charge in [0, 0.05) is 31.7 Å². The van der Waals surface area contributed by atoms with Crippen molar-refractivity contribution in [2.75, 3.05) is 19.6 Å². The molecule has 0 aromatic heterocycles. The van der Waals surface area contributed by atoms with Gasteiger partial charge < -0.3 is 5.32 Å². The van der Waals surface area contributed by atoms with Gasteiger partial charge >= 0.3 is 0 Å². The summed E-state index contributed by atoms with van der Waals surface area (Å²) in [5.41, 5.74) is 2.69. The van der Waals surface area contributed by atoms with Crippen molar-refractivity contribution in [3.05, 3.63) is 35.1 Å². The van der Waals surface area contributed by atoms with Crippen LogP contribution in [0.3, 0.4) is 0 Å². The number of hydrogen-bond donors (Lipinski definition) is 1. The van der Waals surface area contributed by atoms with Crippen LogP contribution >= 0.6 is 0 Å². The number of halogens is 1. The van der Waals surface area contributed by atoms with Crippen LogP contribution in [0, 0.1) is 12.7 Å². The first-order valence-electron chi connectivity index (χ1n) is 7.89. The van der Waals surface area contributed by atoms with E-state index in [-0.39, 0.29) is 5.82 Å².